The third-order valence-electron chi connectivity index (χ3n) is 6.45. The van der Waals surface area contributed by atoms with Crippen molar-refractivity contribution in [1.82, 2.24) is 4.57 Å². The molecule has 6 rings (SSSR count). The van der Waals surface area contributed by atoms with Gasteiger partial charge in [0.15, 0.2) is 0 Å². The van der Waals surface area contributed by atoms with Crippen LogP contribution < -0.4 is 0 Å². The minimum atomic E-state index is -4.61. The molecule has 0 aliphatic carbocycles. The van der Waals surface area contributed by atoms with E-state index in [1.807, 2.05) is 66.7 Å². The van der Waals surface area contributed by atoms with E-state index in [2.05, 4.69) is 16.7 Å². The second kappa shape index (κ2) is 7.75. The van der Waals surface area contributed by atoms with Crippen molar-refractivity contribution in [3.05, 3.63) is 114 Å². The minimum Gasteiger partial charge on any atom is -0.309 e. The molecular weight excluding hydrogens is 445 g/mol. The van der Waals surface area contributed by atoms with E-state index in [0.717, 1.165) is 44.3 Å². The van der Waals surface area contributed by atoms with Gasteiger partial charge in [-0.2, -0.15) is 18.4 Å². The first-order valence-electron chi connectivity index (χ1n) is 11.1. The first-order chi connectivity index (χ1) is 17.0. The molecule has 0 bridgehead atoms. The van der Waals surface area contributed by atoms with E-state index < -0.39 is 11.7 Å². The van der Waals surface area contributed by atoms with Crippen LogP contribution in [0.5, 0.6) is 0 Å². The summed E-state index contributed by atoms with van der Waals surface area (Å²) in [6, 6.07) is 32.8. The predicted octanol–water partition coefficient (Wildman–Crippen LogP) is 8.49. The summed E-state index contributed by atoms with van der Waals surface area (Å²) in [4.78, 5) is 0. The maximum Gasteiger partial charge on any atom is 0.417 e. The van der Waals surface area contributed by atoms with Crippen LogP contribution in [0.2, 0.25) is 0 Å². The van der Waals surface area contributed by atoms with Crippen LogP contribution in [-0.2, 0) is 6.18 Å². The molecule has 0 aliphatic rings. The van der Waals surface area contributed by atoms with Gasteiger partial charge < -0.3 is 4.57 Å². The van der Waals surface area contributed by atoms with E-state index in [1.165, 1.54) is 12.1 Å². The molecule has 0 amide bonds. The first-order valence-corrected chi connectivity index (χ1v) is 11.1. The molecule has 0 fully saturated rings. The van der Waals surface area contributed by atoms with Gasteiger partial charge in [-0.05, 0) is 46.8 Å². The first kappa shape index (κ1) is 21.0. The van der Waals surface area contributed by atoms with Crippen LogP contribution in [0, 0.1) is 11.3 Å². The smallest absolute Gasteiger partial charge is 0.309 e. The quantitative estimate of drug-likeness (QED) is 0.254. The zero-order valence-electron chi connectivity index (χ0n) is 18.3. The lowest BCUT2D eigenvalue weighted by atomic mass is 9.92. The molecule has 168 valence electrons. The van der Waals surface area contributed by atoms with E-state index in [0.29, 0.717) is 5.56 Å². The van der Waals surface area contributed by atoms with Crippen LogP contribution in [0.25, 0.3) is 49.4 Å². The minimum absolute atomic E-state index is 0.0241. The summed E-state index contributed by atoms with van der Waals surface area (Å²) in [6.07, 6.45) is -4.61. The monoisotopic (exact) mass is 462 g/mol. The predicted molar refractivity (Wildman–Crippen MR) is 133 cm³/mol. The van der Waals surface area contributed by atoms with Crippen molar-refractivity contribution >= 4 is 32.6 Å². The Kier molecular flexibility index (Phi) is 4.65. The van der Waals surface area contributed by atoms with E-state index in [-0.39, 0.29) is 11.1 Å². The Balaban J connectivity index is 1.76. The third kappa shape index (κ3) is 3.26. The van der Waals surface area contributed by atoms with E-state index in [4.69, 9.17) is 0 Å². The normalized spacial score (nSPS) is 11.8. The van der Waals surface area contributed by atoms with Gasteiger partial charge in [0.25, 0.3) is 0 Å². The summed E-state index contributed by atoms with van der Waals surface area (Å²) in [5.41, 5.74) is 2.43. The van der Waals surface area contributed by atoms with Crippen LogP contribution >= 0.6 is 0 Å². The number of nitriles is 1. The summed E-state index contributed by atoms with van der Waals surface area (Å²) in [5, 5.41) is 12.9. The Morgan fingerprint density at radius 2 is 1.29 bits per heavy atom. The molecule has 5 heteroatoms. The van der Waals surface area contributed by atoms with Crippen molar-refractivity contribution in [1.29, 1.82) is 5.26 Å². The van der Waals surface area contributed by atoms with Crippen molar-refractivity contribution in [2.75, 3.05) is 0 Å². The Morgan fingerprint density at radius 1 is 0.657 bits per heavy atom. The second-order valence-electron chi connectivity index (χ2n) is 8.42. The molecular formula is C30H17F3N2. The summed E-state index contributed by atoms with van der Waals surface area (Å²) in [6.45, 7) is 0. The van der Waals surface area contributed by atoms with Gasteiger partial charge in [-0.25, -0.2) is 0 Å². The fourth-order valence-corrected chi connectivity index (χ4v) is 5.00. The highest BCUT2D eigenvalue weighted by Gasteiger charge is 2.34. The second-order valence-corrected chi connectivity index (χ2v) is 8.42. The summed E-state index contributed by atoms with van der Waals surface area (Å²) in [5.74, 6) is 0. The van der Waals surface area contributed by atoms with Gasteiger partial charge >= 0.3 is 6.18 Å². The number of hydrogen-bond donors (Lipinski definition) is 0. The van der Waals surface area contributed by atoms with Gasteiger partial charge in [-0.15, -0.1) is 0 Å². The molecule has 0 unspecified atom stereocenters. The van der Waals surface area contributed by atoms with Crippen molar-refractivity contribution in [2.45, 2.75) is 6.18 Å². The van der Waals surface area contributed by atoms with Crippen molar-refractivity contribution in [3.63, 3.8) is 0 Å². The maximum atomic E-state index is 14.1. The van der Waals surface area contributed by atoms with Crippen LogP contribution in [0.15, 0.2) is 103 Å². The zero-order valence-corrected chi connectivity index (χ0v) is 18.3. The molecule has 35 heavy (non-hydrogen) atoms. The largest absolute Gasteiger partial charge is 0.417 e. The summed E-state index contributed by atoms with van der Waals surface area (Å²) < 4.78 is 44.5. The summed E-state index contributed by atoms with van der Waals surface area (Å²) in [7, 11) is 0. The molecule has 6 aromatic rings. The van der Waals surface area contributed by atoms with E-state index >= 15 is 0 Å². The Morgan fingerprint density at radius 3 is 1.91 bits per heavy atom. The topological polar surface area (TPSA) is 28.7 Å². The van der Waals surface area contributed by atoms with Crippen molar-refractivity contribution in [2.24, 2.45) is 0 Å². The average molecular weight is 462 g/mol. The Labute approximate surface area is 199 Å². The van der Waals surface area contributed by atoms with Gasteiger partial charge in [-0.3, -0.25) is 0 Å². The number of halogens is 3. The van der Waals surface area contributed by atoms with Gasteiger partial charge in [0.05, 0.1) is 33.9 Å². The number of aromatic nitrogens is 1. The zero-order chi connectivity index (χ0) is 24.2. The van der Waals surface area contributed by atoms with Gasteiger partial charge in [-0.1, -0.05) is 72.8 Å². The fourth-order valence-electron chi connectivity index (χ4n) is 5.00. The molecule has 0 spiro atoms. The Hall–Kier alpha value is -4.56. The van der Waals surface area contributed by atoms with E-state index in [9.17, 15) is 18.4 Å². The number of rotatable bonds is 2. The van der Waals surface area contributed by atoms with Crippen LogP contribution in [-0.4, -0.2) is 4.57 Å². The lowest BCUT2D eigenvalue weighted by molar-refractivity contribution is -0.137. The van der Waals surface area contributed by atoms with Crippen molar-refractivity contribution < 1.29 is 13.2 Å². The van der Waals surface area contributed by atoms with Gasteiger partial charge in [0.1, 0.15) is 0 Å². The summed E-state index contributed by atoms with van der Waals surface area (Å²) >= 11 is 0. The van der Waals surface area contributed by atoms with Crippen LogP contribution in [0.3, 0.4) is 0 Å². The third-order valence-corrected chi connectivity index (χ3v) is 6.45. The molecule has 2 nitrogen and oxygen atoms in total. The lowest BCUT2D eigenvalue weighted by Gasteiger charge is -2.18. The average Bonchev–Trinajstić information content (AvgIpc) is 3.21. The fraction of sp³-hybridized carbons (Fsp3) is 0.0333. The molecule has 1 heterocycles. The standard InChI is InChI=1S/C30H17F3N2/c31-30(32,33)25-17-19(18-34)15-16-21(25)24-11-5-7-20-8-6-14-28(29(20)24)35-26-12-3-1-9-22(26)23-10-2-4-13-27(23)35/h1-17H. The highest BCUT2D eigenvalue weighted by Crippen LogP contribution is 2.43. The number of benzene rings is 5. The van der Waals surface area contributed by atoms with Gasteiger partial charge in [0.2, 0.25) is 0 Å². The van der Waals surface area contributed by atoms with Crippen LogP contribution in [0.4, 0.5) is 13.2 Å². The number of para-hydroxylation sites is 2. The lowest BCUT2D eigenvalue weighted by Crippen LogP contribution is -2.08. The highest BCUT2D eigenvalue weighted by molar-refractivity contribution is 6.12. The molecule has 5 aromatic carbocycles. The highest BCUT2D eigenvalue weighted by atomic mass is 19.4. The number of nitrogens with zero attached hydrogens (tertiary/aromatic N) is 2. The van der Waals surface area contributed by atoms with Gasteiger partial charge in [0, 0.05) is 16.2 Å². The van der Waals surface area contributed by atoms with E-state index in [1.54, 1.807) is 12.1 Å². The number of hydrogen-bond acceptors (Lipinski definition) is 1. The molecule has 0 aliphatic heterocycles. The Bertz CT molecular complexity index is 1740. The molecule has 0 saturated carbocycles. The SMILES string of the molecule is N#Cc1ccc(-c2cccc3cccc(-n4c5ccccc5c5ccccc54)c23)c(C(F)(F)F)c1. The molecule has 0 atom stereocenters. The number of alkyl halides is 3. The molecule has 0 N–H and O–H groups in total. The van der Waals surface area contributed by atoms with Crippen LogP contribution in [0.1, 0.15) is 11.1 Å². The van der Waals surface area contributed by atoms with Crippen molar-refractivity contribution in [3.8, 4) is 22.9 Å². The maximum absolute atomic E-state index is 14.1. The molecule has 0 saturated heterocycles. The molecule has 1 aromatic heterocycles. The molecule has 0 radical (unpaired) electrons. The number of fused-ring (bicyclic) bond motifs is 4.